The Labute approximate surface area is 156 Å². The number of fused-ring (bicyclic) bond motifs is 1. The summed E-state index contributed by atoms with van der Waals surface area (Å²) < 4.78 is 7.75. The van der Waals surface area contributed by atoms with E-state index >= 15 is 0 Å². The molecule has 1 saturated carbocycles. The first-order valence-corrected chi connectivity index (χ1v) is 9.85. The Balaban J connectivity index is 1.48. The van der Waals surface area contributed by atoms with Gasteiger partial charge < -0.3 is 14.3 Å². The Bertz CT molecular complexity index is 894. The fraction of sp³-hybridized carbons (Fsp3) is 0.421. The molecule has 0 bridgehead atoms. The number of furan rings is 1. The van der Waals surface area contributed by atoms with Crippen LogP contribution in [-0.4, -0.2) is 32.0 Å². The number of hydrogen-bond acceptors (Lipinski definition) is 5. The number of nitrogens with one attached hydrogen (secondary N) is 1. The highest BCUT2D eigenvalue weighted by Gasteiger charge is 2.24. The van der Waals surface area contributed by atoms with Crippen LogP contribution in [0.3, 0.4) is 0 Å². The predicted octanol–water partition coefficient (Wildman–Crippen LogP) is 3.77. The molecule has 0 spiro atoms. The molecule has 1 atom stereocenters. The number of rotatable bonds is 5. The second-order valence-corrected chi connectivity index (χ2v) is 8.07. The zero-order chi connectivity index (χ0) is 18.1. The van der Waals surface area contributed by atoms with Crippen LogP contribution in [0.1, 0.15) is 32.6 Å². The zero-order valence-electron chi connectivity index (χ0n) is 14.9. The summed E-state index contributed by atoms with van der Waals surface area (Å²) in [5.41, 5.74) is 0.823. The summed E-state index contributed by atoms with van der Waals surface area (Å²) >= 11 is 1.42. The maximum Gasteiger partial charge on any atom is 0.233 e. The molecule has 6 nitrogen and oxygen atoms in total. The molecular weight excluding hydrogens is 348 g/mol. The number of carbonyl (C=O) groups excluding carboxylic acids is 1. The third kappa shape index (κ3) is 3.35. The highest BCUT2D eigenvalue weighted by Crippen LogP contribution is 2.30. The Kier molecular flexibility index (Phi) is 4.72. The molecule has 1 amide bonds. The lowest BCUT2D eigenvalue weighted by Crippen LogP contribution is -2.37. The van der Waals surface area contributed by atoms with Crippen molar-refractivity contribution in [3.8, 4) is 11.6 Å². The van der Waals surface area contributed by atoms with Crippen LogP contribution in [0.15, 0.2) is 39.9 Å². The standard InChI is InChI=1S/C19H22N4O2S/c1-12(18(24)20-14-8-4-5-9-14)26-19-22-21-17(23(19)2)16-11-13-7-3-6-10-15(13)25-16/h3,6-7,10-12,14H,4-5,8-9H2,1-2H3,(H,20,24)/t12-/m1/s1. The highest BCUT2D eigenvalue weighted by molar-refractivity contribution is 8.00. The topological polar surface area (TPSA) is 73.0 Å². The van der Waals surface area contributed by atoms with Crippen LogP contribution in [0.25, 0.3) is 22.6 Å². The summed E-state index contributed by atoms with van der Waals surface area (Å²) in [6.07, 6.45) is 4.58. The SMILES string of the molecule is C[C@@H](Sc1nnc(-c2cc3ccccc3o2)n1C)C(=O)NC1CCCC1. The van der Waals surface area contributed by atoms with E-state index in [1.807, 2.05) is 48.9 Å². The summed E-state index contributed by atoms with van der Waals surface area (Å²) in [6.45, 7) is 1.91. The molecule has 1 aliphatic carbocycles. The lowest BCUT2D eigenvalue weighted by molar-refractivity contribution is -0.120. The number of aromatic nitrogens is 3. The third-order valence-corrected chi connectivity index (χ3v) is 5.97. The van der Waals surface area contributed by atoms with Gasteiger partial charge in [0.25, 0.3) is 0 Å². The summed E-state index contributed by atoms with van der Waals surface area (Å²) in [4.78, 5) is 12.4. The van der Waals surface area contributed by atoms with Crippen molar-refractivity contribution in [2.75, 3.05) is 0 Å². The Hall–Kier alpha value is -2.28. The molecule has 136 valence electrons. The average molecular weight is 370 g/mol. The molecule has 1 N–H and O–H groups in total. The van der Waals surface area contributed by atoms with Crippen molar-refractivity contribution in [3.05, 3.63) is 30.3 Å². The van der Waals surface area contributed by atoms with Crippen molar-refractivity contribution in [1.82, 2.24) is 20.1 Å². The lowest BCUT2D eigenvalue weighted by atomic mass is 10.2. The van der Waals surface area contributed by atoms with Gasteiger partial charge in [-0.1, -0.05) is 42.8 Å². The number of para-hydroxylation sites is 1. The van der Waals surface area contributed by atoms with Gasteiger partial charge in [0.05, 0.1) is 5.25 Å². The molecule has 2 heterocycles. The van der Waals surface area contributed by atoms with Crippen LogP contribution in [-0.2, 0) is 11.8 Å². The van der Waals surface area contributed by atoms with Gasteiger partial charge in [-0.3, -0.25) is 4.79 Å². The second kappa shape index (κ2) is 7.15. The van der Waals surface area contributed by atoms with Crippen molar-refractivity contribution in [1.29, 1.82) is 0 Å². The van der Waals surface area contributed by atoms with Crippen molar-refractivity contribution in [2.45, 2.75) is 49.1 Å². The highest BCUT2D eigenvalue weighted by atomic mass is 32.2. The van der Waals surface area contributed by atoms with Gasteiger partial charge in [0.1, 0.15) is 5.58 Å². The second-order valence-electron chi connectivity index (χ2n) is 6.76. The number of hydrogen-bond donors (Lipinski definition) is 1. The first kappa shape index (κ1) is 17.1. The van der Waals surface area contributed by atoms with Crippen LogP contribution in [0, 0.1) is 0 Å². The molecule has 2 aromatic heterocycles. The van der Waals surface area contributed by atoms with Crippen molar-refractivity contribution in [2.24, 2.45) is 7.05 Å². The van der Waals surface area contributed by atoms with Gasteiger partial charge in [-0.2, -0.15) is 0 Å². The molecule has 1 fully saturated rings. The first-order valence-electron chi connectivity index (χ1n) is 8.97. The van der Waals surface area contributed by atoms with Gasteiger partial charge in [0, 0.05) is 18.5 Å². The van der Waals surface area contributed by atoms with Crippen LogP contribution in [0.5, 0.6) is 0 Å². The summed E-state index contributed by atoms with van der Waals surface area (Å²) in [7, 11) is 1.90. The normalized spacial score (nSPS) is 16.2. The van der Waals surface area contributed by atoms with E-state index in [-0.39, 0.29) is 11.2 Å². The number of carbonyl (C=O) groups is 1. The number of nitrogens with zero attached hydrogens (tertiary/aromatic N) is 3. The van der Waals surface area contributed by atoms with E-state index in [1.165, 1.54) is 24.6 Å². The van der Waals surface area contributed by atoms with Gasteiger partial charge in [-0.15, -0.1) is 10.2 Å². The van der Waals surface area contributed by atoms with E-state index < -0.39 is 0 Å². The molecule has 7 heteroatoms. The maximum absolute atomic E-state index is 12.4. The number of thioether (sulfide) groups is 1. The molecule has 0 saturated heterocycles. The zero-order valence-corrected chi connectivity index (χ0v) is 15.8. The number of amides is 1. The third-order valence-electron chi connectivity index (χ3n) is 4.83. The minimum atomic E-state index is -0.220. The Morgan fingerprint density at radius 3 is 2.85 bits per heavy atom. The van der Waals surface area contributed by atoms with E-state index in [2.05, 4.69) is 15.5 Å². The fourth-order valence-electron chi connectivity index (χ4n) is 3.32. The predicted molar refractivity (Wildman–Crippen MR) is 102 cm³/mol. The molecule has 0 unspecified atom stereocenters. The molecule has 1 aliphatic rings. The van der Waals surface area contributed by atoms with Crippen LogP contribution >= 0.6 is 11.8 Å². The molecule has 3 aromatic rings. The van der Waals surface area contributed by atoms with Crippen molar-refractivity contribution in [3.63, 3.8) is 0 Å². The molecule has 0 aliphatic heterocycles. The van der Waals surface area contributed by atoms with Crippen LogP contribution in [0.4, 0.5) is 0 Å². The van der Waals surface area contributed by atoms with E-state index in [0.717, 1.165) is 23.8 Å². The van der Waals surface area contributed by atoms with Gasteiger partial charge in [-0.25, -0.2) is 0 Å². The van der Waals surface area contributed by atoms with Gasteiger partial charge in [-0.05, 0) is 31.9 Å². The number of benzene rings is 1. The Morgan fingerprint density at radius 1 is 1.31 bits per heavy atom. The van der Waals surface area contributed by atoms with Crippen LogP contribution < -0.4 is 5.32 Å². The molecule has 0 radical (unpaired) electrons. The van der Waals surface area contributed by atoms with E-state index in [0.29, 0.717) is 22.8 Å². The van der Waals surface area contributed by atoms with Gasteiger partial charge in [0.2, 0.25) is 5.91 Å². The summed E-state index contributed by atoms with van der Waals surface area (Å²) in [5.74, 6) is 1.40. The quantitative estimate of drug-likeness (QED) is 0.692. The first-order chi connectivity index (χ1) is 12.6. The minimum absolute atomic E-state index is 0.0650. The minimum Gasteiger partial charge on any atom is -0.453 e. The largest absolute Gasteiger partial charge is 0.453 e. The van der Waals surface area contributed by atoms with E-state index in [9.17, 15) is 4.79 Å². The monoisotopic (exact) mass is 370 g/mol. The Morgan fingerprint density at radius 2 is 2.08 bits per heavy atom. The molecular formula is C19H22N4O2S. The summed E-state index contributed by atoms with van der Waals surface area (Å²) in [6, 6.07) is 10.1. The van der Waals surface area contributed by atoms with Crippen molar-refractivity contribution >= 4 is 28.6 Å². The molecule has 1 aromatic carbocycles. The van der Waals surface area contributed by atoms with Gasteiger partial charge in [0.15, 0.2) is 16.7 Å². The van der Waals surface area contributed by atoms with E-state index in [1.54, 1.807) is 0 Å². The smallest absolute Gasteiger partial charge is 0.233 e. The fourth-order valence-corrected chi connectivity index (χ4v) is 4.15. The van der Waals surface area contributed by atoms with Crippen LogP contribution in [0.2, 0.25) is 0 Å². The molecule has 4 rings (SSSR count). The van der Waals surface area contributed by atoms with Crippen molar-refractivity contribution < 1.29 is 9.21 Å². The lowest BCUT2D eigenvalue weighted by Gasteiger charge is -2.15. The maximum atomic E-state index is 12.4. The average Bonchev–Trinajstić information content (AvgIpc) is 3.35. The van der Waals surface area contributed by atoms with Gasteiger partial charge >= 0.3 is 0 Å². The van der Waals surface area contributed by atoms with E-state index in [4.69, 9.17) is 4.42 Å². The summed E-state index contributed by atoms with van der Waals surface area (Å²) in [5, 5.41) is 13.2. The molecule has 26 heavy (non-hydrogen) atoms.